The topological polar surface area (TPSA) is 58.6 Å². The summed E-state index contributed by atoms with van der Waals surface area (Å²) in [5.41, 5.74) is 4.00. The summed E-state index contributed by atoms with van der Waals surface area (Å²) < 4.78 is 4.65. The van der Waals surface area contributed by atoms with E-state index in [1.165, 1.54) is 18.7 Å². The van der Waals surface area contributed by atoms with Gasteiger partial charge in [-0.05, 0) is 42.5 Å². The molecule has 0 heterocycles. The van der Waals surface area contributed by atoms with Gasteiger partial charge in [-0.3, -0.25) is 0 Å². The second-order valence-electron chi connectivity index (χ2n) is 6.49. The highest BCUT2D eigenvalue weighted by Gasteiger charge is 2.10. The molecule has 2 aromatic rings. The summed E-state index contributed by atoms with van der Waals surface area (Å²) in [6.45, 7) is 4.51. The van der Waals surface area contributed by atoms with E-state index in [0.29, 0.717) is 6.54 Å². The molecule has 2 rings (SSSR count). The van der Waals surface area contributed by atoms with E-state index in [2.05, 4.69) is 29.1 Å². The molecule has 0 amide bonds. The van der Waals surface area contributed by atoms with Crippen molar-refractivity contribution in [3.8, 4) is 0 Å². The average molecular weight is 353 g/mol. The van der Waals surface area contributed by atoms with Crippen LogP contribution >= 0.6 is 0 Å². The van der Waals surface area contributed by atoms with Gasteiger partial charge in [0.1, 0.15) is 0 Å². The van der Waals surface area contributed by atoms with Crippen LogP contribution in [0.1, 0.15) is 36.6 Å². The summed E-state index contributed by atoms with van der Waals surface area (Å²) in [6.07, 6.45) is 1.85. The van der Waals surface area contributed by atoms with Gasteiger partial charge in [0, 0.05) is 18.7 Å². The van der Waals surface area contributed by atoms with Crippen molar-refractivity contribution in [2.24, 2.45) is 0 Å². The summed E-state index contributed by atoms with van der Waals surface area (Å²) in [5, 5.41) is 13.6. The third-order valence-corrected chi connectivity index (χ3v) is 4.33. The first-order valence-electron chi connectivity index (χ1n) is 8.81. The first-order chi connectivity index (χ1) is 12.5. The fourth-order valence-electron chi connectivity index (χ4n) is 2.75. The Morgan fingerprint density at radius 3 is 2.42 bits per heavy atom. The highest BCUT2D eigenvalue weighted by molar-refractivity contribution is 5.90. The number of hydrogen-bond acceptors (Lipinski definition) is 4. The van der Waals surface area contributed by atoms with Crippen LogP contribution in [0.4, 0.5) is 0 Å². The average Bonchev–Trinajstić information content (AvgIpc) is 2.67. The lowest BCUT2D eigenvalue weighted by Gasteiger charge is -2.17. The Labute approximate surface area is 155 Å². The minimum absolute atomic E-state index is 0.242. The molecule has 2 aromatic carbocycles. The van der Waals surface area contributed by atoms with Crippen molar-refractivity contribution < 1.29 is 14.6 Å². The predicted molar refractivity (Wildman–Crippen MR) is 105 cm³/mol. The van der Waals surface area contributed by atoms with Crippen molar-refractivity contribution in [1.82, 2.24) is 5.32 Å². The lowest BCUT2D eigenvalue weighted by Crippen LogP contribution is -2.32. The SMILES string of the molecule is COC(=O)/C=C(\C)c1ccc(CC(C)NCC(O)c2ccccc2)cc1. The minimum Gasteiger partial charge on any atom is -0.466 e. The van der Waals surface area contributed by atoms with E-state index in [0.717, 1.165) is 23.1 Å². The number of carbonyl (C=O) groups is 1. The lowest BCUT2D eigenvalue weighted by molar-refractivity contribution is -0.134. The van der Waals surface area contributed by atoms with Gasteiger partial charge in [-0.2, -0.15) is 0 Å². The minimum atomic E-state index is -0.507. The van der Waals surface area contributed by atoms with Crippen molar-refractivity contribution in [1.29, 1.82) is 0 Å². The number of carbonyl (C=O) groups excluding carboxylic acids is 1. The second kappa shape index (κ2) is 9.90. The van der Waals surface area contributed by atoms with Crippen LogP contribution in [0, 0.1) is 0 Å². The number of rotatable bonds is 8. The molecule has 138 valence electrons. The molecule has 2 unspecified atom stereocenters. The smallest absolute Gasteiger partial charge is 0.330 e. The lowest BCUT2D eigenvalue weighted by atomic mass is 10.0. The number of ether oxygens (including phenoxy) is 1. The van der Waals surface area contributed by atoms with Gasteiger partial charge in [0.15, 0.2) is 0 Å². The van der Waals surface area contributed by atoms with Gasteiger partial charge in [0.05, 0.1) is 13.2 Å². The van der Waals surface area contributed by atoms with Gasteiger partial charge < -0.3 is 15.2 Å². The zero-order chi connectivity index (χ0) is 18.9. The predicted octanol–water partition coefficient (Wildman–Crippen LogP) is 3.52. The van der Waals surface area contributed by atoms with Crippen molar-refractivity contribution >= 4 is 11.5 Å². The highest BCUT2D eigenvalue weighted by Crippen LogP contribution is 2.16. The van der Waals surface area contributed by atoms with Crippen LogP contribution in [0.5, 0.6) is 0 Å². The van der Waals surface area contributed by atoms with Gasteiger partial charge in [-0.25, -0.2) is 4.79 Å². The Bertz CT molecular complexity index is 723. The van der Waals surface area contributed by atoms with Crippen molar-refractivity contribution in [2.45, 2.75) is 32.4 Å². The molecule has 2 atom stereocenters. The van der Waals surface area contributed by atoms with Gasteiger partial charge in [0.2, 0.25) is 0 Å². The van der Waals surface area contributed by atoms with Crippen LogP contribution in [0.15, 0.2) is 60.7 Å². The monoisotopic (exact) mass is 353 g/mol. The molecule has 0 aliphatic heterocycles. The molecular weight excluding hydrogens is 326 g/mol. The van der Waals surface area contributed by atoms with Crippen LogP contribution in [-0.4, -0.2) is 30.8 Å². The Morgan fingerprint density at radius 2 is 1.81 bits per heavy atom. The Kier molecular flexibility index (Phi) is 7.57. The van der Waals surface area contributed by atoms with Crippen LogP contribution < -0.4 is 5.32 Å². The summed E-state index contributed by atoms with van der Waals surface area (Å²) in [4.78, 5) is 11.3. The molecule has 2 N–H and O–H groups in total. The van der Waals surface area contributed by atoms with E-state index in [1.807, 2.05) is 49.4 Å². The zero-order valence-electron chi connectivity index (χ0n) is 15.6. The maximum absolute atomic E-state index is 11.3. The standard InChI is InChI=1S/C22H27NO3/c1-16(13-22(25)26-3)19-11-9-18(10-12-19)14-17(2)23-15-21(24)20-7-5-4-6-8-20/h4-13,17,21,23-24H,14-15H2,1-3H3/b16-13+. The molecule has 0 spiro atoms. The molecule has 0 saturated carbocycles. The first-order valence-corrected chi connectivity index (χ1v) is 8.81. The fraction of sp³-hybridized carbons (Fsp3) is 0.318. The molecule has 0 saturated heterocycles. The Balaban J connectivity index is 1.86. The number of aliphatic hydroxyl groups excluding tert-OH is 1. The van der Waals surface area contributed by atoms with Crippen LogP contribution in [0.2, 0.25) is 0 Å². The number of hydrogen-bond donors (Lipinski definition) is 2. The zero-order valence-corrected chi connectivity index (χ0v) is 15.6. The van der Waals surface area contributed by atoms with E-state index >= 15 is 0 Å². The molecule has 0 radical (unpaired) electrons. The second-order valence-corrected chi connectivity index (χ2v) is 6.49. The summed E-state index contributed by atoms with van der Waals surface area (Å²) in [5.74, 6) is -0.346. The van der Waals surface area contributed by atoms with E-state index in [9.17, 15) is 9.90 Å². The van der Waals surface area contributed by atoms with Crippen LogP contribution in [0.3, 0.4) is 0 Å². The van der Waals surface area contributed by atoms with Crippen molar-refractivity contribution in [2.75, 3.05) is 13.7 Å². The molecule has 0 fully saturated rings. The van der Waals surface area contributed by atoms with E-state index in [-0.39, 0.29) is 12.0 Å². The third kappa shape index (κ3) is 6.14. The van der Waals surface area contributed by atoms with Crippen LogP contribution in [-0.2, 0) is 16.0 Å². The van der Waals surface area contributed by atoms with Crippen molar-refractivity contribution in [3.05, 3.63) is 77.4 Å². The third-order valence-electron chi connectivity index (χ3n) is 4.33. The molecule has 0 aliphatic carbocycles. The summed E-state index contributed by atoms with van der Waals surface area (Å²) in [6, 6.07) is 18.1. The number of nitrogens with one attached hydrogen (secondary N) is 1. The maximum Gasteiger partial charge on any atom is 0.330 e. The van der Waals surface area contributed by atoms with Gasteiger partial charge in [-0.15, -0.1) is 0 Å². The molecule has 26 heavy (non-hydrogen) atoms. The van der Waals surface area contributed by atoms with Crippen LogP contribution in [0.25, 0.3) is 5.57 Å². The summed E-state index contributed by atoms with van der Waals surface area (Å²) >= 11 is 0. The number of methoxy groups -OCH3 is 1. The molecule has 0 bridgehead atoms. The highest BCUT2D eigenvalue weighted by atomic mass is 16.5. The number of benzene rings is 2. The fourth-order valence-corrected chi connectivity index (χ4v) is 2.75. The molecule has 4 heteroatoms. The Hall–Kier alpha value is -2.43. The number of allylic oxidation sites excluding steroid dienone is 1. The largest absolute Gasteiger partial charge is 0.466 e. The van der Waals surface area contributed by atoms with E-state index in [1.54, 1.807) is 0 Å². The first kappa shape index (κ1) is 19.9. The Morgan fingerprint density at radius 1 is 1.15 bits per heavy atom. The molecule has 0 aromatic heterocycles. The maximum atomic E-state index is 11.3. The van der Waals surface area contributed by atoms with Gasteiger partial charge >= 0.3 is 5.97 Å². The number of esters is 1. The molecule has 0 aliphatic rings. The number of aliphatic hydroxyl groups is 1. The quantitative estimate of drug-likeness (QED) is 0.563. The van der Waals surface area contributed by atoms with Gasteiger partial charge in [0.25, 0.3) is 0 Å². The van der Waals surface area contributed by atoms with E-state index < -0.39 is 6.10 Å². The molecular formula is C22H27NO3. The van der Waals surface area contributed by atoms with E-state index in [4.69, 9.17) is 0 Å². The summed E-state index contributed by atoms with van der Waals surface area (Å²) in [7, 11) is 1.37. The van der Waals surface area contributed by atoms with Gasteiger partial charge in [-0.1, -0.05) is 54.6 Å². The normalized spacial score (nSPS) is 13.9. The van der Waals surface area contributed by atoms with Crippen molar-refractivity contribution in [3.63, 3.8) is 0 Å². The molecule has 4 nitrogen and oxygen atoms in total.